The highest BCUT2D eigenvalue weighted by Gasteiger charge is 2.10. The average molecular weight is 277 g/mol. The molecule has 2 aromatic carbocycles. The topological polar surface area (TPSA) is 57.2 Å². The van der Waals surface area contributed by atoms with Gasteiger partial charge in [0.1, 0.15) is 0 Å². The van der Waals surface area contributed by atoms with Crippen molar-refractivity contribution in [3.63, 3.8) is 0 Å². The Kier molecular flexibility index (Phi) is 3.51. The van der Waals surface area contributed by atoms with Gasteiger partial charge in [0.05, 0.1) is 11.8 Å². The fourth-order valence-electron chi connectivity index (χ4n) is 2.21. The molecular formula is C17H15N3O. The number of para-hydroxylation sites is 1. The van der Waals surface area contributed by atoms with Gasteiger partial charge < -0.3 is 4.98 Å². The molecule has 0 saturated carbocycles. The van der Waals surface area contributed by atoms with Crippen LogP contribution < -0.4 is 5.43 Å². The predicted molar refractivity (Wildman–Crippen MR) is 84.5 cm³/mol. The number of amides is 1. The van der Waals surface area contributed by atoms with E-state index >= 15 is 0 Å². The summed E-state index contributed by atoms with van der Waals surface area (Å²) in [6, 6.07) is 15.5. The van der Waals surface area contributed by atoms with Gasteiger partial charge in [0, 0.05) is 17.1 Å². The van der Waals surface area contributed by atoms with Crippen LogP contribution in [0.5, 0.6) is 0 Å². The van der Waals surface area contributed by atoms with E-state index in [4.69, 9.17) is 0 Å². The van der Waals surface area contributed by atoms with E-state index in [1.807, 2.05) is 55.5 Å². The van der Waals surface area contributed by atoms with Gasteiger partial charge in [-0.1, -0.05) is 42.5 Å². The summed E-state index contributed by atoms with van der Waals surface area (Å²) in [4.78, 5) is 15.2. The molecule has 1 amide bonds. The lowest BCUT2D eigenvalue weighted by molar-refractivity contribution is 0.0957. The van der Waals surface area contributed by atoms with Crippen LogP contribution in [0.25, 0.3) is 10.9 Å². The third-order valence-corrected chi connectivity index (χ3v) is 3.39. The van der Waals surface area contributed by atoms with Crippen molar-refractivity contribution in [2.45, 2.75) is 6.92 Å². The Morgan fingerprint density at radius 2 is 1.90 bits per heavy atom. The molecule has 0 aliphatic carbocycles. The molecule has 0 aliphatic heterocycles. The minimum Gasteiger partial charge on any atom is -0.360 e. The molecule has 0 saturated heterocycles. The summed E-state index contributed by atoms with van der Waals surface area (Å²) in [7, 11) is 0. The summed E-state index contributed by atoms with van der Waals surface area (Å²) < 4.78 is 0. The summed E-state index contributed by atoms with van der Waals surface area (Å²) >= 11 is 0. The van der Waals surface area contributed by atoms with Crippen LogP contribution in [-0.4, -0.2) is 17.1 Å². The van der Waals surface area contributed by atoms with Gasteiger partial charge in [-0.2, -0.15) is 5.10 Å². The first-order valence-corrected chi connectivity index (χ1v) is 6.71. The highest BCUT2D eigenvalue weighted by atomic mass is 16.2. The summed E-state index contributed by atoms with van der Waals surface area (Å²) in [5.41, 5.74) is 6.19. The highest BCUT2D eigenvalue weighted by Crippen LogP contribution is 2.17. The Bertz CT molecular complexity index is 818. The van der Waals surface area contributed by atoms with E-state index in [-0.39, 0.29) is 5.91 Å². The zero-order valence-corrected chi connectivity index (χ0v) is 11.6. The number of rotatable bonds is 3. The van der Waals surface area contributed by atoms with Crippen molar-refractivity contribution >= 4 is 23.0 Å². The second kappa shape index (κ2) is 5.63. The Hall–Kier alpha value is -2.88. The van der Waals surface area contributed by atoms with E-state index in [1.54, 1.807) is 12.4 Å². The number of aromatic nitrogens is 1. The third-order valence-electron chi connectivity index (χ3n) is 3.39. The Labute approximate surface area is 122 Å². The van der Waals surface area contributed by atoms with Crippen molar-refractivity contribution in [2.75, 3.05) is 0 Å². The van der Waals surface area contributed by atoms with E-state index in [0.29, 0.717) is 5.56 Å². The van der Waals surface area contributed by atoms with Crippen molar-refractivity contribution in [3.8, 4) is 0 Å². The van der Waals surface area contributed by atoms with Crippen molar-refractivity contribution in [3.05, 3.63) is 71.4 Å². The SMILES string of the molecule is Cc1ccccc1/C=N\NC(=O)c1c[nH]c2ccccc12. The molecule has 0 spiro atoms. The van der Waals surface area contributed by atoms with Gasteiger partial charge in [0.2, 0.25) is 0 Å². The quantitative estimate of drug-likeness (QED) is 0.560. The molecule has 3 rings (SSSR count). The number of hydrogen-bond donors (Lipinski definition) is 2. The fourth-order valence-corrected chi connectivity index (χ4v) is 2.21. The number of benzene rings is 2. The molecule has 21 heavy (non-hydrogen) atoms. The van der Waals surface area contributed by atoms with Gasteiger partial charge >= 0.3 is 0 Å². The second-order valence-electron chi connectivity index (χ2n) is 4.80. The number of fused-ring (bicyclic) bond motifs is 1. The number of hydrazone groups is 1. The zero-order chi connectivity index (χ0) is 14.7. The van der Waals surface area contributed by atoms with Gasteiger partial charge in [-0.05, 0) is 24.1 Å². The monoisotopic (exact) mass is 277 g/mol. The van der Waals surface area contributed by atoms with E-state index in [0.717, 1.165) is 22.0 Å². The normalized spacial score (nSPS) is 11.1. The van der Waals surface area contributed by atoms with Crippen LogP contribution in [0.15, 0.2) is 59.8 Å². The number of carbonyl (C=O) groups is 1. The number of aryl methyl sites for hydroxylation is 1. The molecule has 4 heteroatoms. The molecule has 0 radical (unpaired) electrons. The minimum atomic E-state index is -0.225. The van der Waals surface area contributed by atoms with Crippen LogP contribution in [0.3, 0.4) is 0 Å². The van der Waals surface area contributed by atoms with Crippen molar-refractivity contribution in [2.24, 2.45) is 5.10 Å². The average Bonchev–Trinajstić information content (AvgIpc) is 2.93. The van der Waals surface area contributed by atoms with E-state index < -0.39 is 0 Å². The van der Waals surface area contributed by atoms with Crippen LogP contribution in [0.1, 0.15) is 21.5 Å². The van der Waals surface area contributed by atoms with Gasteiger partial charge in [-0.3, -0.25) is 4.79 Å². The van der Waals surface area contributed by atoms with Crippen LogP contribution in [0, 0.1) is 6.92 Å². The van der Waals surface area contributed by atoms with Crippen LogP contribution in [0.4, 0.5) is 0 Å². The molecule has 0 aliphatic rings. The molecule has 0 atom stereocenters. The Morgan fingerprint density at radius 1 is 1.14 bits per heavy atom. The summed E-state index contributed by atoms with van der Waals surface area (Å²) in [5, 5.41) is 4.92. The first-order valence-electron chi connectivity index (χ1n) is 6.71. The summed E-state index contributed by atoms with van der Waals surface area (Å²) in [6.07, 6.45) is 3.35. The predicted octanol–water partition coefficient (Wildman–Crippen LogP) is 3.24. The number of H-pyrrole nitrogens is 1. The highest BCUT2D eigenvalue weighted by molar-refractivity contribution is 6.06. The lowest BCUT2D eigenvalue weighted by Gasteiger charge is -2.00. The molecule has 104 valence electrons. The third kappa shape index (κ3) is 2.69. The molecule has 0 unspecified atom stereocenters. The number of carbonyl (C=O) groups excluding carboxylic acids is 1. The minimum absolute atomic E-state index is 0.225. The lowest BCUT2D eigenvalue weighted by atomic mass is 10.1. The van der Waals surface area contributed by atoms with Crippen LogP contribution >= 0.6 is 0 Å². The molecule has 4 nitrogen and oxygen atoms in total. The van der Waals surface area contributed by atoms with Gasteiger partial charge in [0.15, 0.2) is 0 Å². The maximum absolute atomic E-state index is 12.2. The largest absolute Gasteiger partial charge is 0.360 e. The number of aromatic amines is 1. The van der Waals surface area contributed by atoms with Gasteiger partial charge in [0.25, 0.3) is 5.91 Å². The summed E-state index contributed by atoms with van der Waals surface area (Å²) in [5.74, 6) is -0.225. The smallest absolute Gasteiger partial charge is 0.273 e. The van der Waals surface area contributed by atoms with Crippen molar-refractivity contribution in [1.82, 2.24) is 10.4 Å². The fraction of sp³-hybridized carbons (Fsp3) is 0.0588. The van der Waals surface area contributed by atoms with E-state index in [2.05, 4.69) is 15.5 Å². The van der Waals surface area contributed by atoms with Crippen LogP contribution in [0.2, 0.25) is 0 Å². The Balaban J connectivity index is 1.77. The van der Waals surface area contributed by atoms with Crippen molar-refractivity contribution in [1.29, 1.82) is 0 Å². The number of nitrogens with one attached hydrogen (secondary N) is 2. The Morgan fingerprint density at radius 3 is 2.76 bits per heavy atom. The maximum Gasteiger partial charge on any atom is 0.273 e. The molecular weight excluding hydrogens is 262 g/mol. The van der Waals surface area contributed by atoms with Crippen molar-refractivity contribution < 1.29 is 4.79 Å². The first-order chi connectivity index (χ1) is 10.3. The molecule has 3 aromatic rings. The number of nitrogens with zero attached hydrogens (tertiary/aromatic N) is 1. The van der Waals surface area contributed by atoms with E-state index in [1.165, 1.54) is 0 Å². The number of hydrogen-bond acceptors (Lipinski definition) is 2. The lowest BCUT2D eigenvalue weighted by Crippen LogP contribution is -2.17. The molecule has 0 fully saturated rings. The standard InChI is InChI=1S/C17H15N3O/c1-12-6-2-3-7-13(12)10-19-20-17(21)15-11-18-16-9-5-4-8-14(15)16/h2-11,18H,1H3,(H,20,21)/b19-10-. The molecule has 1 aromatic heterocycles. The maximum atomic E-state index is 12.2. The molecule has 1 heterocycles. The first kappa shape index (κ1) is 13.1. The zero-order valence-electron chi connectivity index (χ0n) is 11.6. The van der Waals surface area contributed by atoms with E-state index in [9.17, 15) is 4.79 Å². The van der Waals surface area contributed by atoms with Gasteiger partial charge in [-0.15, -0.1) is 0 Å². The van der Waals surface area contributed by atoms with Gasteiger partial charge in [-0.25, -0.2) is 5.43 Å². The molecule has 2 N–H and O–H groups in total. The second-order valence-corrected chi connectivity index (χ2v) is 4.80. The summed E-state index contributed by atoms with van der Waals surface area (Å²) in [6.45, 7) is 2.00. The van der Waals surface area contributed by atoms with Crippen LogP contribution in [-0.2, 0) is 0 Å². The molecule has 0 bridgehead atoms.